The third-order valence-electron chi connectivity index (χ3n) is 2.30. The molecule has 2 N–H and O–H groups in total. The molecular weight excluding hydrogens is 160 g/mol. The molecular formula is C11H12N2. The Bertz CT molecular complexity index is 456. The lowest BCUT2D eigenvalue weighted by atomic mass is 10.1. The minimum atomic E-state index is 0.811. The molecule has 1 aromatic carbocycles. The number of aromatic nitrogens is 1. The highest BCUT2D eigenvalue weighted by atomic mass is 14.7. The summed E-state index contributed by atoms with van der Waals surface area (Å²) >= 11 is 0. The third kappa shape index (κ3) is 1.24. The van der Waals surface area contributed by atoms with Crippen LogP contribution in [0.25, 0.3) is 10.9 Å². The van der Waals surface area contributed by atoms with Gasteiger partial charge in [0.15, 0.2) is 0 Å². The van der Waals surface area contributed by atoms with Gasteiger partial charge in [-0.2, -0.15) is 0 Å². The van der Waals surface area contributed by atoms with E-state index in [1.54, 1.807) is 0 Å². The molecule has 1 heterocycles. The molecule has 0 atom stereocenters. The van der Waals surface area contributed by atoms with Crippen LogP contribution in [0.1, 0.15) is 11.3 Å². The molecule has 0 radical (unpaired) electrons. The average Bonchev–Trinajstić information content (AvgIpc) is 2.12. The van der Waals surface area contributed by atoms with Crippen molar-refractivity contribution in [3.8, 4) is 0 Å². The summed E-state index contributed by atoms with van der Waals surface area (Å²) in [6.07, 6.45) is 0. The lowest BCUT2D eigenvalue weighted by Crippen LogP contribution is -1.92. The lowest BCUT2D eigenvalue weighted by molar-refractivity contribution is 1.24. The van der Waals surface area contributed by atoms with Crippen LogP contribution in [0.2, 0.25) is 0 Å². The number of aryl methyl sites for hydroxylation is 2. The molecule has 0 amide bonds. The van der Waals surface area contributed by atoms with Gasteiger partial charge >= 0.3 is 0 Å². The molecule has 0 saturated carbocycles. The largest absolute Gasteiger partial charge is 0.398 e. The molecule has 0 spiro atoms. The Balaban J connectivity index is 2.89. The molecule has 2 nitrogen and oxygen atoms in total. The van der Waals surface area contributed by atoms with E-state index >= 15 is 0 Å². The highest BCUT2D eigenvalue weighted by molar-refractivity contribution is 5.85. The van der Waals surface area contributed by atoms with Crippen LogP contribution in [0.3, 0.4) is 0 Å². The molecule has 2 heteroatoms. The monoisotopic (exact) mass is 172 g/mol. The first kappa shape index (κ1) is 8.05. The number of nitrogens with two attached hydrogens (primary N) is 1. The van der Waals surface area contributed by atoms with E-state index in [-0.39, 0.29) is 0 Å². The molecule has 2 aromatic rings. The SMILES string of the molecule is Cc1ccc2ccc(N)c(C)c2n1. The highest BCUT2D eigenvalue weighted by Crippen LogP contribution is 2.21. The Kier molecular flexibility index (Phi) is 1.69. The zero-order chi connectivity index (χ0) is 9.42. The van der Waals surface area contributed by atoms with Crippen molar-refractivity contribution in [3.63, 3.8) is 0 Å². The first-order chi connectivity index (χ1) is 6.18. The summed E-state index contributed by atoms with van der Waals surface area (Å²) in [4.78, 5) is 4.46. The van der Waals surface area contributed by atoms with Crippen LogP contribution in [0.5, 0.6) is 0 Å². The van der Waals surface area contributed by atoms with Crippen molar-refractivity contribution in [1.29, 1.82) is 0 Å². The van der Waals surface area contributed by atoms with E-state index in [1.165, 1.54) is 0 Å². The molecule has 0 aliphatic heterocycles. The molecule has 66 valence electrons. The fraction of sp³-hybridized carbons (Fsp3) is 0.182. The minimum Gasteiger partial charge on any atom is -0.398 e. The summed E-state index contributed by atoms with van der Waals surface area (Å²) in [5, 5.41) is 1.15. The van der Waals surface area contributed by atoms with Crippen molar-refractivity contribution in [2.45, 2.75) is 13.8 Å². The summed E-state index contributed by atoms with van der Waals surface area (Å²) in [7, 11) is 0. The topological polar surface area (TPSA) is 38.9 Å². The second kappa shape index (κ2) is 2.73. The van der Waals surface area contributed by atoms with Gasteiger partial charge in [-0.15, -0.1) is 0 Å². The van der Waals surface area contributed by atoms with Crippen LogP contribution in [-0.2, 0) is 0 Å². The van der Waals surface area contributed by atoms with Crippen molar-refractivity contribution >= 4 is 16.6 Å². The minimum absolute atomic E-state index is 0.811. The molecule has 0 unspecified atom stereocenters. The van der Waals surface area contributed by atoms with Crippen LogP contribution in [0, 0.1) is 13.8 Å². The number of rotatable bonds is 0. The number of hydrogen-bond acceptors (Lipinski definition) is 2. The van der Waals surface area contributed by atoms with Gasteiger partial charge in [-0.3, -0.25) is 4.98 Å². The maximum absolute atomic E-state index is 5.80. The molecule has 2 rings (SSSR count). The lowest BCUT2D eigenvalue weighted by Gasteiger charge is -2.04. The highest BCUT2D eigenvalue weighted by Gasteiger charge is 2.01. The van der Waals surface area contributed by atoms with Gasteiger partial charge in [-0.1, -0.05) is 12.1 Å². The van der Waals surface area contributed by atoms with Gasteiger partial charge in [0.2, 0.25) is 0 Å². The predicted octanol–water partition coefficient (Wildman–Crippen LogP) is 2.43. The zero-order valence-corrected chi connectivity index (χ0v) is 7.83. The second-order valence-corrected chi connectivity index (χ2v) is 3.30. The molecule has 13 heavy (non-hydrogen) atoms. The average molecular weight is 172 g/mol. The zero-order valence-electron chi connectivity index (χ0n) is 7.83. The first-order valence-electron chi connectivity index (χ1n) is 4.31. The predicted molar refractivity (Wildman–Crippen MR) is 55.6 cm³/mol. The van der Waals surface area contributed by atoms with Gasteiger partial charge in [0, 0.05) is 16.8 Å². The Morgan fingerprint density at radius 3 is 2.54 bits per heavy atom. The van der Waals surface area contributed by atoms with Crippen molar-refractivity contribution < 1.29 is 0 Å². The quantitative estimate of drug-likeness (QED) is 0.620. The molecule has 1 aromatic heterocycles. The molecule has 0 saturated heterocycles. The Hall–Kier alpha value is -1.57. The summed E-state index contributed by atoms with van der Waals surface area (Å²) in [6.45, 7) is 3.99. The Morgan fingerprint density at radius 1 is 1.08 bits per heavy atom. The van der Waals surface area contributed by atoms with Gasteiger partial charge in [0.05, 0.1) is 5.52 Å². The number of fused-ring (bicyclic) bond motifs is 1. The third-order valence-corrected chi connectivity index (χ3v) is 2.30. The second-order valence-electron chi connectivity index (χ2n) is 3.30. The fourth-order valence-corrected chi connectivity index (χ4v) is 1.44. The van der Waals surface area contributed by atoms with Crippen molar-refractivity contribution in [1.82, 2.24) is 4.98 Å². The van der Waals surface area contributed by atoms with Gasteiger partial charge in [0.1, 0.15) is 0 Å². The van der Waals surface area contributed by atoms with E-state index in [0.717, 1.165) is 27.8 Å². The van der Waals surface area contributed by atoms with E-state index in [2.05, 4.69) is 11.1 Å². The van der Waals surface area contributed by atoms with E-state index in [1.807, 2.05) is 32.0 Å². The number of anilines is 1. The van der Waals surface area contributed by atoms with E-state index in [0.29, 0.717) is 0 Å². The van der Waals surface area contributed by atoms with Crippen LogP contribution in [0.15, 0.2) is 24.3 Å². The fourth-order valence-electron chi connectivity index (χ4n) is 1.44. The molecule has 0 aliphatic rings. The summed E-state index contributed by atoms with van der Waals surface area (Å²) in [5.74, 6) is 0. The summed E-state index contributed by atoms with van der Waals surface area (Å²) < 4.78 is 0. The number of hydrogen-bond donors (Lipinski definition) is 1. The number of benzene rings is 1. The Morgan fingerprint density at radius 2 is 1.77 bits per heavy atom. The number of nitrogen functional groups attached to an aromatic ring is 1. The number of nitrogens with zero attached hydrogens (tertiary/aromatic N) is 1. The normalized spacial score (nSPS) is 10.6. The molecule has 0 bridgehead atoms. The molecule has 0 aliphatic carbocycles. The number of pyridine rings is 1. The van der Waals surface area contributed by atoms with E-state index < -0.39 is 0 Å². The van der Waals surface area contributed by atoms with Gasteiger partial charge < -0.3 is 5.73 Å². The summed E-state index contributed by atoms with van der Waals surface area (Å²) in [6, 6.07) is 8.01. The maximum Gasteiger partial charge on any atom is 0.0754 e. The van der Waals surface area contributed by atoms with Crippen LogP contribution >= 0.6 is 0 Å². The van der Waals surface area contributed by atoms with Crippen LogP contribution in [-0.4, -0.2) is 4.98 Å². The molecule has 0 fully saturated rings. The van der Waals surface area contributed by atoms with Crippen molar-refractivity contribution in [2.24, 2.45) is 0 Å². The van der Waals surface area contributed by atoms with Crippen molar-refractivity contribution in [3.05, 3.63) is 35.5 Å². The van der Waals surface area contributed by atoms with Gasteiger partial charge in [-0.25, -0.2) is 0 Å². The van der Waals surface area contributed by atoms with Gasteiger partial charge in [0.25, 0.3) is 0 Å². The van der Waals surface area contributed by atoms with Crippen LogP contribution in [0.4, 0.5) is 5.69 Å². The van der Waals surface area contributed by atoms with Gasteiger partial charge in [-0.05, 0) is 31.5 Å². The van der Waals surface area contributed by atoms with E-state index in [4.69, 9.17) is 5.73 Å². The first-order valence-corrected chi connectivity index (χ1v) is 4.31. The van der Waals surface area contributed by atoms with Crippen molar-refractivity contribution in [2.75, 3.05) is 5.73 Å². The van der Waals surface area contributed by atoms with E-state index in [9.17, 15) is 0 Å². The maximum atomic E-state index is 5.80. The Labute approximate surface area is 77.4 Å². The summed E-state index contributed by atoms with van der Waals surface area (Å²) in [5.41, 5.74) is 9.72. The standard InChI is InChI=1S/C11H12N2/c1-7-3-4-9-5-6-10(12)8(2)11(9)13-7/h3-6H,12H2,1-2H3. The van der Waals surface area contributed by atoms with Crippen LogP contribution < -0.4 is 5.73 Å². The smallest absolute Gasteiger partial charge is 0.0754 e.